The fraction of sp³-hybridized carbons (Fsp3) is 0.500. The van der Waals surface area contributed by atoms with Crippen molar-refractivity contribution in [2.45, 2.75) is 31.2 Å². The summed E-state index contributed by atoms with van der Waals surface area (Å²) in [5.41, 5.74) is 6.69. The number of esters is 1. The summed E-state index contributed by atoms with van der Waals surface area (Å²) >= 11 is 0. The average molecular weight is 290 g/mol. The molecule has 0 spiro atoms. The van der Waals surface area contributed by atoms with Crippen molar-refractivity contribution >= 4 is 11.9 Å². The first-order valence-corrected chi connectivity index (χ1v) is 7.32. The van der Waals surface area contributed by atoms with Gasteiger partial charge in [0.2, 0.25) is 5.91 Å². The van der Waals surface area contributed by atoms with Gasteiger partial charge in [0.15, 0.2) is 0 Å². The Morgan fingerprint density at radius 1 is 1.33 bits per heavy atom. The lowest BCUT2D eigenvalue weighted by Gasteiger charge is -2.36. The van der Waals surface area contributed by atoms with Crippen molar-refractivity contribution in [1.82, 2.24) is 4.90 Å². The van der Waals surface area contributed by atoms with Crippen molar-refractivity contribution in [3.8, 4) is 0 Å². The number of likely N-dealkylation sites (tertiary alicyclic amines) is 1. The summed E-state index contributed by atoms with van der Waals surface area (Å²) in [7, 11) is 1.36. The fourth-order valence-corrected chi connectivity index (χ4v) is 2.84. The summed E-state index contributed by atoms with van der Waals surface area (Å²) in [5.74, 6) is -0.831. The molecule has 0 aliphatic carbocycles. The molecular formula is C16H22N2O3. The molecule has 0 radical (unpaired) electrons. The normalized spacial score (nSPS) is 19.9. The Kier molecular flexibility index (Phi) is 5.33. The second-order valence-electron chi connectivity index (χ2n) is 5.27. The van der Waals surface area contributed by atoms with E-state index in [1.807, 2.05) is 30.3 Å². The van der Waals surface area contributed by atoms with Crippen molar-refractivity contribution < 1.29 is 14.3 Å². The van der Waals surface area contributed by atoms with Crippen molar-refractivity contribution in [1.29, 1.82) is 0 Å². The van der Waals surface area contributed by atoms with E-state index in [0.717, 1.165) is 18.4 Å². The molecule has 2 rings (SSSR count). The van der Waals surface area contributed by atoms with Crippen LogP contribution in [-0.4, -0.2) is 43.0 Å². The third kappa shape index (κ3) is 3.42. The Balaban J connectivity index is 2.21. The molecule has 114 valence electrons. The van der Waals surface area contributed by atoms with Crippen LogP contribution < -0.4 is 5.73 Å². The summed E-state index contributed by atoms with van der Waals surface area (Å²) in [5, 5.41) is 0. The Labute approximate surface area is 125 Å². The predicted octanol–water partition coefficient (Wildman–Crippen LogP) is 1.28. The minimum absolute atomic E-state index is 0.0844. The molecule has 1 aliphatic rings. The van der Waals surface area contributed by atoms with Gasteiger partial charge in [0.25, 0.3) is 0 Å². The highest BCUT2D eigenvalue weighted by atomic mass is 16.5. The molecule has 5 heteroatoms. The summed E-state index contributed by atoms with van der Waals surface area (Å²) in [6, 6.07) is 8.99. The largest absolute Gasteiger partial charge is 0.467 e. The number of nitrogens with zero attached hydrogens (tertiary/aromatic N) is 1. The van der Waals surface area contributed by atoms with E-state index in [1.54, 1.807) is 4.90 Å². The van der Waals surface area contributed by atoms with Gasteiger partial charge in [-0.1, -0.05) is 30.3 Å². The van der Waals surface area contributed by atoms with Crippen molar-refractivity contribution in [2.75, 3.05) is 20.2 Å². The molecule has 1 aliphatic heterocycles. The highest BCUT2D eigenvalue weighted by Crippen LogP contribution is 2.24. The van der Waals surface area contributed by atoms with E-state index >= 15 is 0 Å². The fourth-order valence-electron chi connectivity index (χ4n) is 2.84. The van der Waals surface area contributed by atoms with E-state index in [9.17, 15) is 9.59 Å². The number of methoxy groups -OCH3 is 1. The number of benzene rings is 1. The number of piperidine rings is 1. The van der Waals surface area contributed by atoms with E-state index < -0.39 is 12.0 Å². The number of hydrogen-bond donors (Lipinski definition) is 1. The van der Waals surface area contributed by atoms with Crippen LogP contribution in [0.5, 0.6) is 0 Å². The maximum absolute atomic E-state index is 12.8. The molecule has 1 heterocycles. The van der Waals surface area contributed by atoms with Crippen LogP contribution in [0, 0.1) is 0 Å². The maximum Gasteiger partial charge on any atom is 0.328 e. The average Bonchev–Trinajstić information content (AvgIpc) is 2.55. The molecular weight excluding hydrogens is 268 g/mol. The standard InChI is InChI=1S/C16H22N2O3/c1-21-16(20)14-9-5-6-10-18(14)15(19)13(11-17)12-7-3-2-4-8-12/h2-4,7-8,13-14H,5-6,9-11,17H2,1H3. The zero-order chi connectivity index (χ0) is 15.2. The van der Waals surface area contributed by atoms with Crippen LogP contribution >= 0.6 is 0 Å². The highest BCUT2D eigenvalue weighted by molar-refractivity contribution is 5.89. The third-order valence-corrected chi connectivity index (χ3v) is 3.99. The van der Waals surface area contributed by atoms with Gasteiger partial charge in [0.05, 0.1) is 13.0 Å². The molecule has 1 saturated heterocycles. The Morgan fingerprint density at radius 2 is 2.05 bits per heavy atom. The van der Waals surface area contributed by atoms with Crippen molar-refractivity contribution in [3.05, 3.63) is 35.9 Å². The topological polar surface area (TPSA) is 72.6 Å². The molecule has 0 aromatic heterocycles. The lowest BCUT2D eigenvalue weighted by molar-refractivity contribution is -0.155. The van der Waals surface area contributed by atoms with Crippen LogP contribution in [0.25, 0.3) is 0 Å². The van der Waals surface area contributed by atoms with Gasteiger partial charge in [-0.05, 0) is 24.8 Å². The van der Waals surface area contributed by atoms with Gasteiger partial charge in [-0.2, -0.15) is 0 Å². The van der Waals surface area contributed by atoms with Crippen LogP contribution in [0.2, 0.25) is 0 Å². The van der Waals surface area contributed by atoms with Crippen LogP contribution in [0.3, 0.4) is 0 Å². The van der Waals surface area contributed by atoms with Gasteiger partial charge >= 0.3 is 5.97 Å². The summed E-state index contributed by atoms with van der Waals surface area (Å²) in [4.78, 5) is 26.3. The monoisotopic (exact) mass is 290 g/mol. The smallest absolute Gasteiger partial charge is 0.328 e. The van der Waals surface area contributed by atoms with Crippen LogP contribution in [0.1, 0.15) is 30.7 Å². The summed E-state index contributed by atoms with van der Waals surface area (Å²) < 4.78 is 4.83. The molecule has 1 fully saturated rings. The van der Waals surface area contributed by atoms with Gasteiger partial charge in [0.1, 0.15) is 6.04 Å². The lowest BCUT2D eigenvalue weighted by atomic mass is 9.94. The van der Waals surface area contributed by atoms with Gasteiger partial charge in [-0.15, -0.1) is 0 Å². The molecule has 0 bridgehead atoms. The van der Waals surface area contributed by atoms with E-state index in [2.05, 4.69) is 0 Å². The Bertz CT molecular complexity index is 490. The lowest BCUT2D eigenvalue weighted by Crippen LogP contribution is -2.50. The molecule has 2 unspecified atom stereocenters. The molecule has 2 atom stereocenters. The predicted molar refractivity (Wildman–Crippen MR) is 79.6 cm³/mol. The molecule has 21 heavy (non-hydrogen) atoms. The SMILES string of the molecule is COC(=O)C1CCCCN1C(=O)C(CN)c1ccccc1. The number of rotatable bonds is 4. The Hall–Kier alpha value is -1.88. The van der Waals surface area contributed by atoms with Crippen molar-refractivity contribution in [2.24, 2.45) is 5.73 Å². The molecule has 1 aromatic carbocycles. The number of carbonyl (C=O) groups is 2. The van der Waals surface area contributed by atoms with Crippen LogP contribution in [-0.2, 0) is 14.3 Å². The van der Waals surface area contributed by atoms with E-state index in [1.165, 1.54) is 7.11 Å². The summed E-state index contributed by atoms with van der Waals surface area (Å²) in [6.45, 7) is 0.815. The second-order valence-corrected chi connectivity index (χ2v) is 5.27. The van der Waals surface area contributed by atoms with E-state index in [0.29, 0.717) is 13.0 Å². The van der Waals surface area contributed by atoms with Gasteiger partial charge in [0, 0.05) is 13.1 Å². The third-order valence-electron chi connectivity index (χ3n) is 3.99. The van der Waals surface area contributed by atoms with Gasteiger partial charge in [-0.25, -0.2) is 4.79 Å². The second kappa shape index (κ2) is 7.22. The number of carbonyl (C=O) groups excluding carboxylic acids is 2. The molecule has 5 nitrogen and oxygen atoms in total. The quantitative estimate of drug-likeness (QED) is 0.848. The van der Waals surface area contributed by atoms with E-state index in [-0.39, 0.29) is 18.4 Å². The first-order chi connectivity index (χ1) is 10.2. The minimum atomic E-state index is -0.478. The number of ether oxygens (including phenoxy) is 1. The van der Waals surface area contributed by atoms with Gasteiger partial charge < -0.3 is 15.4 Å². The zero-order valence-electron chi connectivity index (χ0n) is 12.3. The zero-order valence-corrected chi connectivity index (χ0v) is 12.3. The molecule has 1 amide bonds. The van der Waals surface area contributed by atoms with Crippen molar-refractivity contribution in [3.63, 3.8) is 0 Å². The molecule has 0 saturated carbocycles. The first kappa shape index (κ1) is 15.5. The van der Waals surface area contributed by atoms with Crippen LogP contribution in [0.4, 0.5) is 0 Å². The molecule has 2 N–H and O–H groups in total. The number of hydrogen-bond acceptors (Lipinski definition) is 4. The highest BCUT2D eigenvalue weighted by Gasteiger charge is 2.36. The number of nitrogens with two attached hydrogens (primary N) is 1. The summed E-state index contributed by atoms with van der Waals surface area (Å²) in [6.07, 6.45) is 2.50. The Morgan fingerprint density at radius 3 is 2.67 bits per heavy atom. The number of amides is 1. The minimum Gasteiger partial charge on any atom is -0.467 e. The maximum atomic E-state index is 12.8. The first-order valence-electron chi connectivity index (χ1n) is 7.32. The van der Waals surface area contributed by atoms with Crippen LogP contribution in [0.15, 0.2) is 30.3 Å². The van der Waals surface area contributed by atoms with Gasteiger partial charge in [-0.3, -0.25) is 4.79 Å². The molecule has 1 aromatic rings. The van der Waals surface area contributed by atoms with E-state index in [4.69, 9.17) is 10.5 Å².